The fourth-order valence-corrected chi connectivity index (χ4v) is 5.80. The number of hydrazone groups is 1. The van der Waals surface area contributed by atoms with Gasteiger partial charge in [0, 0.05) is 0 Å². The number of nitrogens with one attached hydrogen (secondary N) is 1. The Kier molecular flexibility index (Phi) is 8.79. The van der Waals surface area contributed by atoms with Crippen molar-refractivity contribution in [3.63, 3.8) is 0 Å². The third kappa shape index (κ3) is 6.76. The molecule has 0 saturated heterocycles. The summed E-state index contributed by atoms with van der Waals surface area (Å²) in [5, 5.41) is 6.34. The summed E-state index contributed by atoms with van der Waals surface area (Å²) in [6, 6.07) is 36.0. The lowest BCUT2D eigenvalue weighted by atomic mass is 10.1. The summed E-state index contributed by atoms with van der Waals surface area (Å²) < 4.78 is 39.0. The standard InChI is InChI=1S/C33H29N3O5S/c1-40-29-20-16-28(17-21-29)36(42(38,39)31-11-3-2-4-12-31)23-33(37)35-34-22-25-14-18-30(19-15-25)41-24-27-10-7-9-26-8-5-6-13-32(26)27/h2-22H,23-24H2,1H3,(H,35,37)/b34-22-. The van der Waals surface area contributed by atoms with Crippen molar-refractivity contribution in [2.75, 3.05) is 18.0 Å². The molecule has 0 bridgehead atoms. The summed E-state index contributed by atoms with van der Waals surface area (Å²) in [5.74, 6) is 0.664. The molecule has 212 valence electrons. The number of amides is 1. The van der Waals surface area contributed by atoms with E-state index >= 15 is 0 Å². The Morgan fingerprint density at radius 2 is 1.48 bits per heavy atom. The van der Waals surface area contributed by atoms with Gasteiger partial charge in [-0.25, -0.2) is 13.8 Å². The second kappa shape index (κ2) is 13.0. The highest BCUT2D eigenvalue weighted by atomic mass is 32.2. The molecule has 0 saturated carbocycles. The molecule has 0 radical (unpaired) electrons. The van der Waals surface area contributed by atoms with E-state index in [0.29, 0.717) is 23.8 Å². The Hall–Kier alpha value is -5.15. The lowest BCUT2D eigenvalue weighted by Gasteiger charge is -2.23. The number of hydrogen-bond acceptors (Lipinski definition) is 6. The zero-order valence-corrected chi connectivity index (χ0v) is 23.7. The lowest BCUT2D eigenvalue weighted by molar-refractivity contribution is -0.119. The SMILES string of the molecule is COc1ccc(N(CC(=O)N/N=C\c2ccc(OCc3cccc4ccccc34)cc2)S(=O)(=O)c2ccccc2)cc1. The summed E-state index contributed by atoms with van der Waals surface area (Å²) in [6.45, 7) is -0.0384. The molecule has 0 aliphatic carbocycles. The number of anilines is 1. The van der Waals surface area contributed by atoms with Gasteiger partial charge in [-0.1, -0.05) is 60.7 Å². The van der Waals surface area contributed by atoms with E-state index < -0.39 is 22.5 Å². The van der Waals surface area contributed by atoms with E-state index in [1.54, 1.807) is 42.5 Å². The summed E-state index contributed by atoms with van der Waals surface area (Å²) >= 11 is 0. The van der Waals surface area contributed by atoms with Gasteiger partial charge in [0.05, 0.1) is 23.9 Å². The molecule has 9 heteroatoms. The molecule has 0 heterocycles. The molecule has 0 unspecified atom stereocenters. The van der Waals surface area contributed by atoms with Crippen molar-refractivity contribution in [2.45, 2.75) is 11.5 Å². The molecule has 0 aliphatic rings. The Bertz CT molecular complexity index is 1780. The van der Waals surface area contributed by atoms with Crippen LogP contribution >= 0.6 is 0 Å². The van der Waals surface area contributed by atoms with Gasteiger partial charge in [-0.2, -0.15) is 5.10 Å². The molecule has 8 nitrogen and oxygen atoms in total. The van der Waals surface area contributed by atoms with Crippen LogP contribution in [0.15, 0.2) is 131 Å². The highest BCUT2D eigenvalue weighted by Gasteiger charge is 2.27. The minimum atomic E-state index is -4.02. The molecule has 0 aromatic heterocycles. The van der Waals surface area contributed by atoms with Crippen molar-refractivity contribution in [1.82, 2.24) is 5.43 Å². The van der Waals surface area contributed by atoms with Crippen LogP contribution in [-0.4, -0.2) is 34.2 Å². The molecule has 5 aromatic carbocycles. The zero-order chi connectivity index (χ0) is 29.4. The predicted molar refractivity (Wildman–Crippen MR) is 164 cm³/mol. The van der Waals surface area contributed by atoms with Gasteiger partial charge in [0.1, 0.15) is 24.7 Å². The van der Waals surface area contributed by atoms with Gasteiger partial charge in [0.15, 0.2) is 0 Å². The highest BCUT2D eigenvalue weighted by molar-refractivity contribution is 7.92. The quantitative estimate of drug-likeness (QED) is 0.158. The third-order valence-electron chi connectivity index (χ3n) is 6.54. The van der Waals surface area contributed by atoms with Crippen LogP contribution in [0.1, 0.15) is 11.1 Å². The Labute approximate surface area is 244 Å². The molecule has 0 fully saturated rings. The van der Waals surface area contributed by atoms with Gasteiger partial charge < -0.3 is 9.47 Å². The van der Waals surface area contributed by atoms with Crippen molar-refractivity contribution >= 4 is 38.6 Å². The maximum atomic E-state index is 13.4. The third-order valence-corrected chi connectivity index (χ3v) is 8.32. The monoisotopic (exact) mass is 579 g/mol. The molecule has 1 N–H and O–H groups in total. The van der Waals surface area contributed by atoms with Gasteiger partial charge in [-0.3, -0.25) is 9.10 Å². The molecule has 0 atom stereocenters. The lowest BCUT2D eigenvalue weighted by Crippen LogP contribution is -2.39. The maximum absolute atomic E-state index is 13.4. The van der Waals surface area contributed by atoms with Crippen LogP contribution in [0.2, 0.25) is 0 Å². The van der Waals surface area contributed by atoms with Crippen molar-refractivity contribution in [3.8, 4) is 11.5 Å². The number of fused-ring (bicyclic) bond motifs is 1. The second-order valence-corrected chi connectivity index (χ2v) is 11.2. The zero-order valence-electron chi connectivity index (χ0n) is 22.9. The number of hydrogen-bond donors (Lipinski definition) is 1. The number of rotatable bonds is 11. The van der Waals surface area contributed by atoms with Crippen LogP contribution < -0.4 is 19.2 Å². The summed E-state index contributed by atoms with van der Waals surface area (Å²) in [4.78, 5) is 12.9. The number of carbonyl (C=O) groups excluding carboxylic acids is 1. The minimum Gasteiger partial charge on any atom is -0.497 e. The van der Waals surface area contributed by atoms with E-state index in [1.165, 1.54) is 25.5 Å². The van der Waals surface area contributed by atoms with Crippen molar-refractivity contribution < 1.29 is 22.7 Å². The Morgan fingerprint density at radius 3 is 2.21 bits per heavy atom. The van der Waals surface area contributed by atoms with E-state index in [-0.39, 0.29) is 4.90 Å². The van der Waals surface area contributed by atoms with Crippen LogP contribution in [0.5, 0.6) is 11.5 Å². The average molecular weight is 580 g/mol. The van der Waals surface area contributed by atoms with E-state index in [2.05, 4.69) is 28.7 Å². The summed E-state index contributed by atoms with van der Waals surface area (Å²) in [6.07, 6.45) is 1.48. The topological polar surface area (TPSA) is 97.3 Å². The van der Waals surface area contributed by atoms with Gasteiger partial charge in [0.25, 0.3) is 15.9 Å². The molecule has 0 aliphatic heterocycles. The Balaban J connectivity index is 1.22. The van der Waals surface area contributed by atoms with Crippen LogP contribution in [0.4, 0.5) is 5.69 Å². The first-order valence-corrected chi connectivity index (χ1v) is 14.6. The number of benzene rings is 5. The molecule has 42 heavy (non-hydrogen) atoms. The van der Waals surface area contributed by atoms with Gasteiger partial charge in [-0.05, 0) is 82.6 Å². The summed E-state index contributed by atoms with van der Waals surface area (Å²) in [5.41, 5.74) is 4.57. The molecule has 5 rings (SSSR count). The number of carbonyl (C=O) groups is 1. The van der Waals surface area contributed by atoms with Crippen LogP contribution in [0, 0.1) is 0 Å². The van der Waals surface area contributed by atoms with Crippen LogP contribution in [0.3, 0.4) is 0 Å². The van der Waals surface area contributed by atoms with E-state index in [1.807, 2.05) is 48.5 Å². The molecular formula is C33H29N3O5S. The van der Waals surface area contributed by atoms with Crippen molar-refractivity contribution in [3.05, 3.63) is 132 Å². The average Bonchev–Trinajstić information content (AvgIpc) is 3.03. The normalized spacial score (nSPS) is 11.4. The van der Waals surface area contributed by atoms with E-state index in [9.17, 15) is 13.2 Å². The Morgan fingerprint density at radius 1 is 0.810 bits per heavy atom. The smallest absolute Gasteiger partial charge is 0.264 e. The molecule has 1 amide bonds. The fraction of sp³-hybridized carbons (Fsp3) is 0.0909. The van der Waals surface area contributed by atoms with E-state index in [4.69, 9.17) is 9.47 Å². The molecule has 5 aromatic rings. The van der Waals surface area contributed by atoms with Crippen molar-refractivity contribution in [1.29, 1.82) is 0 Å². The van der Waals surface area contributed by atoms with Crippen LogP contribution in [0.25, 0.3) is 10.8 Å². The number of ether oxygens (including phenoxy) is 2. The second-order valence-electron chi connectivity index (χ2n) is 9.31. The minimum absolute atomic E-state index is 0.0693. The number of sulfonamides is 1. The predicted octanol–water partition coefficient (Wildman–Crippen LogP) is 5.77. The first-order valence-electron chi connectivity index (χ1n) is 13.2. The first-order chi connectivity index (χ1) is 20.4. The van der Waals surface area contributed by atoms with Gasteiger partial charge in [0.2, 0.25) is 0 Å². The fourth-order valence-electron chi connectivity index (χ4n) is 4.36. The number of nitrogens with zero attached hydrogens (tertiary/aromatic N) is 2. The van der Waals surface area contributed by atoms with Crippen molar-refractivity contribution in [2.24, 2.45) is 5.10 Å². The first kappa shape index (κ1) is 28.4. The molecular weight excluding hydrogens is 550 g/mol. The largest absolute Gasteiger partial charge is 0.497 e. The maximum Gasteiger partial charge on any atom is 0.264 e. The van der Waals surface area contributed by atoms with E-state index in [0.717, 1.165) is 26.2 Å². The molecule has 0 spiro atoms. The van der Waals surface area contributed by atoms with Crippen LogP contribution in [-0.2, 0) is 21.4 Å². The van der Waals surface area contributed by atoms with Gasteiger partial charge >= 0.3 is 0 Å². The number of methoxy groups -OCH3 is 1. The summed E-state index contributed by atoms with van der Waals surface area (Å²) in [7, 11) is -2.50. The highest BCUT2D eigenvalue weighted by Crippen LogP contribution is 2.26. The van der Waals surface area contributed by atoms with Gasteiger partial charge in [-0.15, -0.1) is 0 Å².